The molecule has 1 saturated carbocycles. The number of carbonyl (C=O) groups excluding carboxylic acids is 1. The molecule has 4 atom stereocenters. The van der Waals surface area contributed by atoms with Crippen molar-refractivity contribution in [2.75, 3.05) is 0 Å². The van der Waals surface area contributed by atoms with Gasteiger partial charge in [-0.15, -0.1) is 0 Å². The van der Waals surface area contributed by atoms with Crippen LogP contribution in [-0.2, 0) is 4.79 Å². The van der Waals surface area contributed by atoms with Gasteiger partial charge in [-0.1, -0.05) is 44.2 Å². The third-order valence-electron chi connectivity index (χ3n) is 6.39. The van der Waals surface area contributed by atoms with E-state index in [1.807, 2.05) is 0 Å². The van der Waals surface area contributed by atoms with Crippen molar-refractivity contribution in [1.29, 1.82) is 0 Å². The monoisotopic (exact) mass is 274 g/mol. The quantitative estimate of drug-likeness (QED) is 0.699. The highest BCUT2D eigenvalue weighted by Crippen LogP contribution is 2.63. The van der Waals surface area contributed by atoms with E-state index in [4.69, 9.17) is 0 Å². The minimum absolute atomic E-state index is 0.365. The molecule has 0 aromatic carbocycles. The number of likely N-dealkylation sites (tertiary alicyclic amines) is 1. The minimum Gasteiger partial charge on any atom is -0.337 e. The van der Waals surface area contributed by atoms with Crippen LogP contribution in [-0.4, -0.2) is 30.2 Å². The third kappa shape index (κ3) is 2.12. The minimum atomic E-state index is 0.365. The van der Waals surface area contributed by atoms with Crippen LogP contribution in [0.1, 0.15) is 66.2 Å². The van der Waals surface area contributed by atoms with E-state index in [9.17, 15) is 4.79 Å². The summed E-state index contributed by atoms with van der Waals surface area (Å²) in [6, 6.07) is 0.882. The van der Waals surface area contributed by atoms with E-state index in [2.05, 4.69) is 39.9 Å². The molecule has 3 heteroatoms. The average Bonchev–Trinajstić information content (AvgIpc) is 2.27. The second kappa shape index (κ2) is 5.07. The first-order valence-corrected chi connectivity index (χ1v) is 8.62. The number of amides is 1. The SMILES string of the molecule is CC(C)N1C(=O)CCC2C3[B]C(C(C)C)(CCCC21)C3. The van der Waals surface area contributed by atoms with Crippen LogP contribution in [0.3, 0.4) is 0 Å². The van der Waals surface area contributed by atoms with Gasteiger partial charge in [0.2, 0.25) is 5.91 Å². The summed E-state index contributed by atoms with van der Waals surface area (Å²) in [5, 5.41) is 0.528. The van der Waals surface area contributed by atoms with E-state index in [0.29, 0.717) is 23.3 Å². The third-order valence-corrected chi connectivity index (χ3v) is 6.39. The predicted octanol–water partition coefficient (Wildman–Crippen LogP) is 3.90. The van der Waals surface area contributed by atoms with Crippen molar-refractivity contribution in [1.82, 2.24) is 4.90 Å². The summed E-state index contributed by atoms with van der Waals surface area (Å²) in [6.07, 6.45) is 7.14. The molecule has 4 unspecified atom stereocenters. The van der Waals surface area contributed by atoms with Gasteiger partial charge in [0.1, 0.15) is 7.28 Å². The molecule has 4 rings (SSSR count). The van der Waals surface area contributed by atoms with Crippen molar-refractivity contribution in [3.05, 3.63) is 0 Å². The molecule has 4 aliphatic rings. The van der Waals surface area contributed by atoms with Crippen molar-refractivity contribution in [3.63, 3.8) is 0 Å². The van der Waals surface area contributed by atoms with Gasteiger partial charge in [-0.05, 0) is 38.5 Å². The summed E-state index contributed by atoms with van der Waals surface area (Å²) >= 11 is 0. The van der Waals surface area contributed by atoms with Crippen molar-refractivity contribution >= 4 is 13.2 Å². The molecule has 3 heterocycles. The van der Waals surface area contributed by atoms with Crippen LogP contribution >= 0.6 is 0 Å². The Hall–Kier alpha value is -0.465. The molecule has 3 saturated heterocycles. The standard InChI is InChI=1S/C17H29BNO/c1-11(2)17-9-5-6-15-13(14(10-17)18-17)7-8-16(20)19(15)12(3)4/h11-15H,5-10H2,1-4H3. The first-order valence-electron chi connectivity index (χ1n) is 8.62. The molecule has 3 aliphatic heterocycles. The Kier molecular flexibility index (Phi) is 3.67. The Morgan fingerprint density at radius 2 is 1.95 bits per heavy atom. The van der Waals surface area contributed by atoms with E-state index in [-0.39, 0.29) is 0 Å². The Labute approximate surface area is 124 Å². The smallest absolute Gasteiger partial charge is 0.223 e. The van der Waals surface area contributed by atoms with Gasteiger partial charge in [0, 0.05) is 18.5 Å². The molecule has 4 fully saturated rings. The van der Waals surface area contributed by atoms with Crippen LogP contribution in [0.15, 0.2) is 0 Å². The highest BCUT2D eigenvalue weighted by Gasteiger charge is 2.54. The van der Waals surface area contributed by atoms with Crippen LogP contribution in [0.2, 0.25) is 11.1 Å². The zero-order chi connectivity index (χ0) is 14.5. The Morgan fingerprint density at radius 1 is 1.25 bits per heavy atom. The van der Waals surface area contributed by atoms with Crippen LogP contribution in [0.25, 0.3) is 0 Å². The van der Waals surface area contributed by atoms with Gasteiger partial charge < -0.3 is 4.90 Å². The van der Waals surface area contributed by atoms with Gasteiger partial charge in [0.25, 0.3) is 0 Å². The number of nitrogens with zero attached hydrogens (tertiary/aromatic N) is 1. The molecular weight excluding hydrogens is 245 g/mol. The summed E-state index contributed by atoms with van der Waals surface area (Å²) in [6.45, 7) is 9.14. The van der Waals surface area contributed by atoms with Crippen molar-refractivity contribution in [3.8, 4) is 0 Å². The number of rotatable bonds is 2. The molecule has 0 aromatic heterocycles. The maximum absolute atomic E-state index is 12.3. The lowest BCUT2D eigenvalue weighted by Gasteiger charge is -2.59. The Morgan fingerprint density at radius 3 is 2.55 bits per heavy atom. The van der Waals surface area contributed by atoms with E-state index < -0.39 is 0 Å². The Balaban J connectivity index is 1.79. The van der Waals surface area contributed by atoms with E-state index in [0.717, 1.165) is 30.5 Å². The molecule has 2 nitrogen and oxygen atoms in total. The predicted molar refractivity (Wildman–Crippen MR) is 84.0 cm³/mol. The Bertz CT molecular complexity index is 386. The van der Waals surface area contributed by atoms with Gasteiger partial charge in [0.05, 0.1) is 0 Å². The lowest BCUT2D eigenvalue weighted by molar-refractivity contribution is -0.142. The molecule has 2 bridgehead atoms. The van der Waals surface area contributed by atoms with Gasteiger partial charge in [0.15, 0.2) is 0 Å². The lowest BCUT2D eigenvalue weighted by atomic mass is 9.25. The van der Waals surface area contributed by atoms with Gasteiger partial charge in [-0.25, -0.2) is 0 Å². The summed E-state index contributed by atoms with van der Waals surface area (Å²) in [5.41, 5.74) is 0. The molecule has 111 valence electrons. The topological polar surface area (TPSA) is 20.3 Å². The summed E-state index contributed by atoms with van der Waals surface area (Å²) < 4.78 is 0. The first-order chi connectivity index (χ1) is 9.44. The molecule has 20 heavy (non-hydrogen) atoms. The number of piperidine rings is 1. The molecular formula is C17H29BNO. The molecule has 0 spiro atoms. The van der Waals surface area contributed by atoms with Gasteiger partial charge in [-0.2, -0.15) is 0 Å². The van der Waals surface area contributed by atoms with Crippen LogP contribution in [0.5, 0.6) is 0 Å². The van der Waals surface area contributed by atoms with E-state index >= 15 is 0 Å². The second-order valence-corrected chi connectivity index (χ2v) is 7.98. The maximum Gasteiger partial charge on any atom is 0.223 e. The zero-order valence-corrected chi connectivity index (χ0v) is 13.6. The van der Waals surface area contributed by atoms with Crippen molar-refractivity contribution < 1.29 is 4.79 Å². The number of hydrogen-bond acceptors (Lipinski definition) is 1. The van der Waals surface area contributed by atoms with Crippen LogP contribution in [0, 0.1) is 11.8 Å². The average molecular weight is 274 g/mol. The number of hydrogen-bond donors (Lipinski definition) is 0. The summed E-state index contributed by atoms with van der Waals surface area (Å²) in [7, 11) is 2.68. The van der Waals surface area contributed by atoms with E-state index in [1.165, 1.54) is 25.7 Å². The first kappa shape index (κ1) is 14.5. The lowest BCUT2D eigenvalue weighted by Crippen LogP contribution is -2.57. The molecule has 0 aromatic rings. The number of fused-ring (bicyclic) bond motifs is 2. The van der Waals surface area contributed by atoms with Crippen LogP contribution in [0.4, 0.5) is 0 Å². The van der Waals surface area contributed by atoms with Gasteiger partial charge >= 0.3 is 0 Å². The molecule has 1 aliphatic carbocycles. The fourth-order valence-electron chi connectivity index (χ4n) is 5.18. The van der Waals surface area contributed by atoms with Crippen LogP contribution < -0.4 is 0 Å². The highest BCUT2D eigenvalue weighted by molar-refractivity contribution is 6.46. The molecule has 0 N–H and O–H groups in total. The highest BCUT2D eigenvalue weighted by atomic mass is 16.2. The fourth-order valence-corrected chi connectivity index (χ4v) is 5.18. The second-order valence-electron chi connectivity index (χ2n) is 7.98. The van der Waals surface area contributed by atoms with Crippen molar-refractivity contribution in [2.24, 2.45) is 11.8 Å². The molecule has 1 amide bonds. The fraction of sp³-hybridized carbons (Fsp3) is 0.941. The van der Waals surface area contributed by atoms with Gasteiger partial charge in [-0.3, -0.25) is 4.79 Å². The maximum atomic E-state index is 12.3. The molecule has 1 radical (unpaired) electrons. The van der Waals surface area contributed by atoms with E-state index in [1.54, 1.807) is 0 Å². The summed E-state index contributed by atoms with van der Waals surface area (Å²) in [4.78, 5) is 14.5. The zero-order valence-electron chi connectivity index (χ0n) is 13.6. The normalized spacial score (nSPS) is 40.8. The van der Waals surface area contributed by atoms with Crippen molar-refractivity contribution in [2.45, 2.75) is 89.4 Å². The largest absolute Gasteiger partial charge is 0.337 e. The number of carbonyl (C=O) groups is 1. The summed E-state index contributed by atoms with van der Waals surface area (Å²) in [5.74, 6) is 2.69.